The van der Waals surface area contributed by atoms with Crippen molar-refractivity contribution < 1.29 is 9.53 Å². The molecular weight excluding hydrogens is 174 g/mol. The number of carbonyl (C=O) groups excluding carboxylic acids is 1. The smallest absolute Gasteiger partial charge is 0.322 e. The molecule has 0 bridgehead atoms. The van der Waals surface area contributed by atoms with Crippen molar-refractivity contribution in [2.24, 2.45) is 5.73 Å². The van der Waals surface area contributed by atoms with Gasteiger partial charge in [-0.3, -0.25) is 4.79 Å². The standard InChI is InChI=1S/C8H17NO2S/c1-2-3-5-11-8(10)7(9)4-6-12/h7,12H,2-6,9H2,1H3/t7-/m1/s1. The molecule has 0 amide bonds. The lowest BCUT2D eigenvalue weighted by Crippen LogP contribution is -2.32. The van der Waals surface area contributed by atoms with Crippen LogP contribution in [0.4, 0.5) is 0 Å². The summed E-state index contributed by atoms with van der Waals surface area (Å²) >= 11 is 3.98. The summed E-state index contributed by atoms with van der Waals surface area (Å²) in [6.45, 7) is 2.52. The Morgan fingerprint density at radius 3 is 2.83 bits per heavy atom. The van der Waals surface area contributed by atoms with Crippen molar-refractivity contribution >= 4 is 18.6 Å². The van der Waals surface area contributed by atoms with Crippen LogP contribution < -0.4 is 5.73 Å². The van der Waals surface area contributed by atoms with E-state index in [-0.39, 0.29) is 5.97 Å². The lowest BCUT2D eigenvalue weighted by molar-refractivity contribution is -0.145. The van der Waals surface area contributed by atoms with E-state index in [0.29, 0.717) is 18.8 Å². The average molecular weight is 191 g/mol. The molecule has 0 fully saturated rings. The number of nitrogens with two attached hydrogens (primary N) is 1. The maximum absolute atomic E-state index is 11.0. The minimum atomic E-state index is -0.501. The summed E-state index contributed by atoms with van der Waals surface area (Å²) in [5.41, 5.74) is 5.49. The maximum Gasteiger partial charge on any atom is 0.322 e. The van der Waals surface area contributed by atoms with E-state index >= 15 is 0 Å². The van der Waals surface area contributed by atoms with Gasteiger partial charge in [-0.1, -0.05) is 13.3 Å². The van der Waals surface area contributed by atoms with Gasteiger partial charge in [0.05, 0.1) is 6.61 Å². The zero-order valence-corrected chi connectivity index (χ0v) is 8.35. The Kier molecular flexibility index (Phi) is 7.29. The van der Waals surface area contributed by atoms with E-state index < -0.39 is 6.04 Å². The quantitative estimate of drug-likeness (QED) is 0.374. The van der Waals surface area contributed by atoms with Gasteiger partial charge in [-0.2, -0.15) is 12.6 Å². The van der Waals surface area contributed by atoms with Crippen LogP contribution in [0.25, 0.3) is 0 Å². The summed E-state index contributed by atoms with van der Waals surface area (Å²) in [6, 6.07) is -0.501. The van der Waals surface area contributed by atoms with Gasteiger partial charge in [-0.25, -0.2) is 0 Å². The van der Waals surface area contributed by atoms with Crippen LogP contribution in [-0.2, 0) is 9.53 Å². The molecule has 12 heavy (non-hydrogen) atoms. The molecule has 0 aromatic carbocycles. The first-order valence-corrected chi connectivity index (χ1v) is 4.88. The van der Waals surface area contributed by atoms with Crippen LogP contribution in [0.2, 0.25) is 0 Å². The maximum atomic E-state index is 11.0. The third kappa shape index (κ3) is 5.43. The monoisotopic (exact) mass is 191 g/mol. The molecule has 0 aromatic rings. The number of unbranched alkanes of at least 4 members (excludes halogenated alkanes) is 1. The molecule has 0 rings (SSSR count). The summed E-state index contributed by atoms with van der Waals surface area (Å²) in [6.07, 6.45) is 2.50. The molecule has 0 heterocycles. The van der Waals surface area contributed by atoms with Gasteiger partial charge in [0, 0.05) is 0 Å². The highest BCUT2D eigenvalue weighted by Gasteiger charge is 2.12. The second-order valence-electron chi connectivity index (χ2n) is 2.64. The van der Waals surface area contributed by atoms with Crippen LogP contribution in [0.5, 0.6) is 0 Å². The van der Waals surface area contributed by atoms with Crippen molar-refractivity contribution in [1.29, 1.82) is 0 Å². The minimum Gasteiger partial charge on any atom is -0.465 e. The van der Waals surface area contributed by atoms with E-state index in [9.17, 15) is 4.79 Å². The fraction of sp³-hybridized carbons (Fsp3) is 0.875. The van der Waals surface area contributed by atoms with Gasteiger partial charge in [-0.05, 0) is 18.6 Å². The molecule has 0 spiro atoms. The Labute approximate surface area is 79.1 Å². The highest BCUT2D eigenvalue weighted by Crippen LogP contribution is 1.96. The summed E-state index contributed by atoms with van der Waals surface area (Å²) < 4.78 is 4.90. The molecule has 0 saturated carbocycles. The molecule has 4 heteroatoms. The van der Waals surface area contributed by atoms with Gasteiger partial charge in [0.25, 0.3) is 0 Å². The Balaban J connectivity index is 3.43. The normalized spacial score (nSPS) is 12.6. The van der Waals surface area contributed by atoms with Crippen LogP contribution in [-0.4, -0.2) is 24.4 Å². The van der Waals surface area contributed by atoms with E-state index in [1.165, 1.54) is 0 Å². The Bertz CT molecular complexity index is 130. The number of hydrogen-bond donors (Lipinski definition) is 2. The van der Waals surface area contributed by atoms with Crippen molar-refractivity contribution in [3.8, 4) is 0 Å². The Hall–Kier alpha value is -0.220. The molecule has 0 radical (unpaired) electrons. The van der Waals surface area contributed by atoms with E-state index in [4.69, 9.17) is 10.5 Å². The summed E-state index contributed by atoms with van der Waals surface area (Å²) in [5.74, 6) is 0.307. The van der Waals surface area contributed by atoms with Crippen molar-refractivity contribution in [2.45, 2.75) is 32.2 Å². The van der Waals surface area contributed by atoms with Crippen LogP contribution in [0.15, 0.2) is 0 Å². The van der Waals surface area contributed by atoms with Crippen LogP contribution in [0.3, 0.4) is 0 Å². The SMILES string of the molecule is CCCCOC(=O)[C@H](N)CCS. The first kappa shape index (κ1) is 11.8. The van der Waals surface area contributed by atoms with Crippen molar-refractivity contribution in [1.82, 2.24) is 0 Å². The highest BCUT2D eigenvalue weighted by atomic mass is 32.1. The van der Waals surface area contributed by atoms with E-state index in [0.717, 1.165) is 12.8 Å². The predicted molar refractivity (Wildman–Crippen MR) is 52.3 cm³/mol. The third-order valence-electron chi connectivity index (χ3n) is 1.49. The number of thiol groups is 1. The lowest BCUT2D eigenvalue weighted by atomic mass is 10.2. The third-order valence-corrected chi connectivity index (χ3v) is 1.74. The molecule has 0 aromatic heterocycles. The fourth-order valence-corrected chi connectivity index (χ4v) is 0.959. The first-order chi connectivity index (χ1) is 5.72. The molecule has 1 atom stereocenters. The summed E-state index contributed by atoms with van der Waals surface area (Å²) in [4.78, 5) is 11.0. The van der Waals surface area contributed by atoms with Crippen molar-refractivity contribution in [3.63, 3.8) is 0 Å². The van der Waals surface area contributed by atoms with E-state index in [2.05, 4.69) is 12.6 Å². The molecular formula is C8H17NO2S. The lowest BCUT2D eigenvalue weighted by Gasteiger charge is -2.09. The van der Waals surface area contributed by atoms with Crippen LogP contribution >= 0.6 is 12.6 Å². The second kappa shape index (κ2) is 7.43. The van der Waals surface area contributed by atoms with Crippen LogP contribution in [0, 0.1) is 0 Å². The number of ether oxygens (including phenoxy) is 1. The van der Waals surface area contributed by atoms with Gasteiger partial charge in [0.2, 0.25) is 0 Å². The minimum absolute atomic E-state index is 0.308. The zero-order chi connectivity index (χ0) is 9.40. The van der Waals surface area contributed by atoms with E-state index in [1.54, 1.807) is 0 Å². The molecule has 0 aliphatic rings. The largest absolute Gasteiger partial charge is 0.465 e. The molecule has 0 unspecified atom stereocenters. The van der Waals surface area contributed by atoms with E-state index in [1.807, 2.05) is 6.92 Å². The predicted octanol–water partition coefficient (Wildman–Crippen LogP) is 0.977. The van der Waals surface area contributed by atoms with Crippen LogP contribution in [0.1, 0.15) is 26.2 Å². The number of carbonyl (C=O) groups is 1. The Morgan fingerprint density at radius 2 is 2.33 bits per heavy atom. The topological polar surface area (TPSA) is 52.3 Å². The van der Waals surface area contributed by atoms with Gasteiger partial charge < -0.3 is 10.5 Å². The zero-order valence-electron chi connectivity index (χ0n) is 7.45. The van der Waals surface area contributed by atoms with Crippen molar-refractivity contribution in [2.75, 3.05) is 12.4 Å². The van der Waals surface area contributed by atoms with Gasteiger partial charge in [0.15, 0.2) is 0 Å². The molecule has 3 nitrogen and oxygen atoms in total. The van der Waals surface area contributed by atoms with Crippen molar-refractivity contribution in [3.05, 3.63) is 0 Å². The summed E-state index contributed by atoms with van der Waals surface area (Å²) in [7, 11) is 0. The number of esters is 1. The highest BCUT2D eigenvalue weighted by molar-refractivity contribution is 7.80. The summed E-state index contributed by atoms with van der Waals surface area (Å²) in [5, 5.41) is 0. The molecule has 0 saturated heterocycles. The molecule has 2 N–H and O–H groups in total. The average Bonchev–Trinajstić information content (AvgIpc) is 2.05. The second-order valence-corrected chi connectivity index (χ2v) is 3.09. The number of rotatable bonds is 6. The van der Waals surface area contributed by atoms with Gasteiger partial charge in [-0.15, -0.1) is 0 Å². The number of hydrogen-bond acceptors (Lipinski definition) is 4. The molecule has 0 aliphatic carbocycles. The fourth-order valence-electron chi connectivity index (χ4n) is 0.681. The van der Waals surface area contributed by atoms with Gasteiger partial charge >= 0.3 is 5.97 Å². The first-order valence-electron chi connectivity index (χ1n) is 4.25. The van der Waals surface area contributed by atoms with Gasteiger partial charge in [0.1, 0.15) is 6.04 Å². The Morgan fingerprint density at radius 1 is 1.67 bits per heavy atom. The molecule has 0 aliphatic heterocycles. The molecule has 72 valence electrons.